The Labute approximate surface area is 182 Å². The molecule has 0 aromatic rings. The largest absolute Gasteiger partial charge is 0.393 e. The predicted molar refractivity (Wildman–Crippen MR) is 120 cm³/mol. The molecule has 6 aliphatic rings. The van der Waals surface area contributed by atoms with Crippen LogP contribution in [0.5, 0.6) is 0 Å². The van der Waals surface area contributed by atoms with E-state index in [1.807, 2.05) is 0 Å². The molecule has 30 heavy (non-hydrogen) atoms. The molecule has 0 radical (unpaired) electrons. The summed E-state index contributed by atoms with van der Waals surface area (Å²) in [6, 6.07) is 0.443. The number of hydrogen-bond donors (Lipinski definition) is 2. The number of rotatable bonds is 0. The van der Waals surface area contributed by atoms with E-state index in [-0.39, 0.29) is 17.8 Å². The van der Waals surface area contributed by atoms with Crippen molar-refractivity contribution >= 4 is 0 Å². The zero-order chi connectivity index (χ0) is 20.8. The number of fused-ring (bicyclic) bond motifs is 6. The number of ether oxygens (including phenoxy) is 1. The van der Waals surface area contributed by atoms with E-state index < -0.39 is 0 Å². The molecule has 2 saturated heterocycles. The van der Waals surface area contributed by atoms with Gasteiger partial charge in [-0.05, 0) is 86.0 Å². The van der Waals surface area contributed by atoms with Gasteiger partial charge in [-0.25, -0.2) is 0 Å². The predicted octanol–water partition coefficient (Wildman–Crippen LogP) is 4.78. The minimum atomic E-state index is -0.137. The summed E-state index contributed by atoms with van der Waals surface area (Å²) < 4.78 is 6.93. The minimum Gasteiger partial charge on any atom is -0.393 e. The summed E-state index contributed by atoms with van der Waals surface area (Å²) in [6.45, 7) is 14.9. The summed E-state index contributed by atoms with van der Waals surface area (Å²) >= 11 is 0. The Bertz CT molecular complexity index is 816. The van der Waals surface area contributed by atoms with E-state index in [9.17, 15) is 5.11 Å². The van der Waals surface area contributed by atoms with Gasteiger partial charge in [0.2, 0.25) is 0 Å². The first-order valence-electron chi connectivity index (χ1n) is 12.5. The van der Waals surface area contributed by atoms with Crippen LogP contribution < -0.4 is 5.32 Å². The van der Waals surface area contributed by atoms with Gasteiger partial charge in [-0.3, -0.25) is 0 Å². The highest BCUT2D eigenvalue weighted by Gasteiger charge is 2.63. The molecule has 0 aromatic heterocycles. The molecule has 0 bridgehead atoms. The smallest absolute Gasteiger partial charge is 0.0937 e. The van der Waals surface area contributed by atoms with Crippen molar-refractivity contribution in [2.24, 2.45) is 35.0 Å². The van der Waals surface area contributed by atoms with E-state index in [0.717, 1.165) is 56.4 Å². The molecular weight excluding hydrogens is 370 g/mol. The summed E-state index contributed by atoms with van der Waals surface area (Å²) in [5, 5.41) is 14.0. The van der Waals surface area contributed by atoms with Crippen molar-refractivity contribution in [2.75, 3.05) is 6.54 Å². The summed E-state index contributed by atoms with van der Waals surface area (Å²) in [7, 11) is 0. The molecular formula is C27H39NO2. The van der Waals surface area contributed by atoms with Crippen molar-refractivity contribution in [1.29, 1.82) is 0 Å². The quantitative estimate of drug-likeness (QED) is 0.566. The van der Waals surface area contributed by atoms with E-state index in [0.29, 0.717) is 23.3 Å². The third kappa shape index (κ3) is 2.49. The second-order valence-corrected chi connectivity index (χ2v) is 11.8. The van der Waals surface area contributed by atoms with Gasteiger partial charge in [0, 0.05) is 18.5 Å². The second-order valence-electron chi connectivity index (χ2n) is 11.8. The molecule has 1 spiro atoms. The van der Waals surface area contributed by atoms with Crippen molar-refractivity contribution in [2.45, 2.75) is 89.1 Å². The maximum absolute atomic E-state index is 10.3. The lowest BCUT2D eigenvalue weighted by atomic mass is 9.56. The minimum absolute atomic E-state index is 0.124. The number of allylic oxidation sites excluding steroid dienone is 1. The summed E-state index contributed by atoms with van der Waals surface area (Å²) in [4.78, 5) is 0. The third-order valence-electron chi connectivity index (χ3n) is 10.7. The second kappa shape index (κ2) is 6.56. The lowest BCUT2D eigenvalue weighted by Crippen LogP contribution is -2.49. The van der Waals surface area contributed by atoms with Crippen molar-refractivity contribution in [3.8, 4) is 0 Å². The Hall–Kier alpha value is -0.900. The molecule has 2 heterocycles. The van der Waals surface area contributed by atoms with E-state index in [2.05, 4.69) is 31.8 Å². The topological polar surface area (TPSA) is 41.5 Å². The van der Waals surface area contributed by atoms with Crippen molar-refractivity contribution in [1.82, 2.24) is 5.32 Å². The fourth-order valence-corrected chi connectivity index (χ4v) is 9.01. The summed E-state index contributed by atoms with van der Waals surface area (Å²) in [6.07, 6.45) is 11.6. The van der Waals surface area contributed by atoms with E-state index in [1.165, 1.54) is 30.4 Å². The van der Waals surface area contributed by atoms with Crippen molar-refractivity contribution in [3.05, 3.63) is 36.0 Å². The number of hydrogen-bond acceptors (Lipinski definition) is 3. The number of aliphatic hydroxyl groups excluding tert-OH is 1. The molecule has 5 fully saturated rings. The van der Waals surface area contributed by atoms with Crippen molar-refractivity contribution in [3.63, 3.8) is 0 Å². The monoisotopic (exact) mass is 409 g/mol. The van der Waals surface area contributed by atoms with Gasteiger partial charge in [-0.1, -0.05) is 44.2 Å². The number of aliphatic hydroxyl groups is 1. The zero-order valence-corrected chi connectivity index (χ0v) is 18.8. The Morgan fingerprint density at radius 3 is 2.83 bits per heavy atom. The maximum Gasteiger partial charge on any atom is 0.0937 e. The first-order valence-corrected chi connectivity index (χ1v) is 12.5. The van der Waals surface area contributed by atoms with Crippen LogP contribution in [0, 0.1) is 35.0 Å². The van der Waals surface area contributed by atoms with Gasteiger partial charge in [0.25, 0.3) is 0 Å². The molecule has 2 aliphatic heterocycles. The van der Waals surface area contributed by atoms with Crippen LogP contribution in [0.1, 0.15) is 65.2 Å². The van der Waals surface area contributed by atoms with Gasteiger partial charge >= 0.3 is 0 Å². The average Bonchev–Trinajstić information content (AvgIpc) is 3.23. The molecule has 6 rings (SSSR count). The van der Waals surface area contributed by atoms with Gasteiger partial charge < -0.3 is 15.2 Å². The van der Waals surface area contributed by atoms with Crippen LogP contribution in [-0.2, 0) is 4.74 Å². The molecule has 0 unspecified atom stereocenters. The number of nitrogens with one attached hydrogen (secondary N) is 1. The first-order chi connectivity index (χ1) is 14.3. The van der Waals surface area contributed by atoms with Gasteiger partial charge in [0.1, 0.15) is 0 Å². The van der Waals surface area contributed by atoms with Crippen LogP contribution >= 0.6 is 0 Å². The van der Waals surface area contributed by atoms with Gasteiger partial charge in [0.05, 0.1) is 17.8 Å². The Morgan fingerprint density at radius 1 is 1.17 bits per heavy atom. The van der Waals surface area contributed by atoms with Crippen LogP contribution in [0.2, 0.25) is 0 Å². The van der Waals surface area contributed by atoms with Crippen LogP contribution in [0.4, 0.5) is 0 Å². The van der Waals surface area contributed by atoms with E-state index >= 15 is 0 Å². The third-order valence-corrected chi connectivity index (χ3v) is 10.7. The molecule has 10 atom stereocenters. The molecule has 2 N–H and O–H groups in total. The van der Waals surface area contributed by atoms with Crippen LogP contribution in [0.3, 0.4) is 0 Å². The van der Waals surface area contributed by atoms with Crippen LogP contribution in [0.15, 0.2) is 36.0 Å². The highest BCUT2D eigenvalue weighted by atomic mass is 16.5. The van der Waals surface area contributed by atoms with Crippen LogP contribution in [0.25, 0.3) is 0 Å². The summed E-state index contributed by atoms with van der Waals surface area (Å²) in [5.74, 6) is 3.42. The molecule has 4 aliphatic carbocycles. The van der Waals surface area contributed by atoms with Gasteiger partial charge in [0.15, 0.2) is 0 Å². The summed E-state index contributed by atoms with van der Waals surface area (Å²) in [5.41, 5.74) is 4.41. The first kappa shape index (κ1) is 19.8. The number of piperidine rings is 1. The highest BCUT2D eigenvalue weighted by molar-refractivity contribution is 5.33. The van der Waals surface area contributed by atoms with E-state index in [4.69, 9.17) is 11.3 Å². The van der Waals surface area contributed by atoms with Crippen molar-refractivity contribution < 1.29 is 9.84 Å². The molecule has 3 heteroatoms. The zero-order valence-electron chi connectivity index (χ0n) is 18.8. The van der Waals surface area contributed by atoms with Gasteiger partial charge in [-0.15, -0.1) is 0 Å². The molecule has 0 amide bonds. The fourth-order valence-electron chi connectivity index (χ4n) is 9.01. The molecule has 0 aromatic carbocycles. The highest BCUT2D eigenvalue weighted by Crippen LogP contribution is 2.66. The lowest BCUT2D eigenvalue weighted by Gasteiger charge is -2.49. The van der Waals surface area contributed by atoms with Crippen LogP contribution in [-0.4, -0.2) is 35.5 Å². The van der Waals surface area contributed by atoms with E-state index in [1.54, 1.807) is 5.57 Å². The standard InChI is InChI=1S/C27H39NO2/c1-15-11-24-25(28-14-15)17(3)27(30-24)10-8-20-21-6-5-18-12-19(29)7-9-26(18,4)23(21)13-22(20)16(27)2/h5,17,19-25,28-29H,1-2,6-14H2,3-4H3/t17-,19+,20+,21+,22+,23+,24-,25+,26+,27+/m1/s1. The maximum atomic E-state index is 10.3. The average molecular weight is 410 g/mol. The fraction of sp³-hybridized carbons (Fsp3) is 0.778. The normalized spacial score (nSPS) is 55.0. The van der Waals surface area contributed by atoms with Gasteiger partial charge in [-0.2, -0.15) is 0 Å². The lowest BCUT2D eigenvalue weighted by molar-refractivity contribution is -0.0612. The Kier molecular flexibility index (Phi) is 4.32. The Morgan fingerprint density at radius 2 is 2.00 bits per heavy atom. The molecule has 3 saturated carbocycles. The molecule has 164 valence electrons. The SMILES string of the molecule is C=C1CN[C@H]2[C@@H](C)[C@@]3(CC[C@H]4[C@@H]5CC=C6C[C@@H](O)CC[C@]6(C)[C@H]5C[C@H]4C3=C)O[C@@H]2C1. The molecule has 3 nitrogen and oxygen atoms in total. The Balaban J connectivity index is 1.28.